The largest absolute Gasteiger partial charge is 0.369 e. The van der Waals surface area contributed by atoms with E-state index in [-0.39, 0.29) is 5.41 Å². The third-order valence-electron chi connectivity index (χ3n) is 4.98. The highest BCUT2D eigenvalue weighted by molar-refractivity contribution is 5.00. The number of methoxy groups -OCH3 is 4. The molecule has 0 aromatic heterocycles. The Morgan fingerprint density at radius 3 is 1.53 bits per heavy atom. The maximum absolute atomic E-state index is 5.83. The number of ether oxygens (including phenoxy) is 4. The molecule has 4 nitrogen and oxygen atoms in total. The lowest BCUT2D eigenvalue weighted by molar-refractivity contribution is -0.440. The molecule has 0 aliphatic rings. The lowest BCUT2D eigenvalue weighted by Crippen LogP contribution is -2.66. The van der Waals surface area contributed by atoms with Gasteiger partial charge in [-0.1, -0.05) is 40.5 Å². The summed E-state index contributed by atoms with van der Waals surface area (Å²) in [5, 5.41) is 0. The van der Waals surface area contributed by atoms with Gasteiger partial charge in [-0.15, -0.1) is 0 Å². The minimum atomic E-state index is -1.23. The Bertz CT molecular complexity index is 253. The summed E-state index contributed by atoms with van der Waals surface area (Å²) < 4.78 is 22.4. The molecule has 0 aromatic carbocycles. The van der Waals surface area contributed by atoms with Gasteiger partial charge in [-0.25, -0.2) is 0 Å². The minimum absolute atomic E-state index is 0.195. The highest BCUT2D eigenvalue weighted by atomic mass is 16.9. The van der Waals surface area contributed by atoms with Crippen molar-refractivity contribution in [3.05, 3.63) is 0 Å². The molecule has 0 radical (unpaired) electrons. The summed E-state index contributed by atoms with van der Waals surface area (Å²) in [6.07, 6.45) is 2.24. The van der Waals surface area contributed by atoms with Crippen LogP contribution in [0, 0.1) is 11.3 Å². The van der Waals surface area contributed by atoms with Crippen molar-refractivity contribution >= 4 is 0 Å². The van der Waals surface area contributed by atoms with Gasteiger partial charge in [0.15, 0.2) is 5.60 Å². The second kappa shape index (κ2) is 7.02. The first-order valence-electron chi connectivity index (χ1n) is 6.93. The molecule has 0 rings (SSSR count). The average molecular weight is 276 g/mol. The zero-order chi connectivity index (χ0) is 15.3. The molecule has 2 unspecified atom stereocenters. The van der Waals surface area contributed by atoms with Crippen LogP contribution in [0.15, 0.2) is 0 Å². The van der Waals surface area contributed by atoms with E-state index in [0.29, 0.717) is 5.92 Å². The first kappa shape index (κ1) is 18.8. The topological polar surface area (TPSA) is 36.9 Å². The molecule has 0 N–H and O–H groups in total. The van der Waals surface area contributed by atoms with Crippen LogP contribution in [0.25, 0.3) is 0 Å². The van der Waals surface area contributed by atoms with E-state index in [4.69, 9.17) is 18.9 Å². The molecule has 0 aliphatic carbocycles. The zero-order valence-electron chi connectivity index (χ0n) is 14.1. The molecule has 0 amide bonds. The average Bonchev–Trinajstić information content (AvgIpc) is 2.40. The van der Waals surface area contributed by atoms with Crippen LogP contribution < -0.4 is 0 Å². The fourth-order valence-corrected chi connectivity index (χ4v) is 2.88. The van der Waals surface area contributed by atoms with Crippen molar-refractivity contribution in [2.75, 3.05) is 28.4 Å². The summed E-state index contributed by atoms with van der Waals surface area (Å²) in [5.41, 5.74) is -0.938. The molecule has 2 atom stereocenters. The molecule has 0 bridgehead atoms. The van der Waals surface area contributed by atoms with E-state index in [0.717, 1.165) is 12.8 Å². The summed E-state index contributed by atoms with van der Waals surface area (Å²) in [6.45, 7) is 10.7. The van der Waals surface area contributed by atoms with Crippen LogP contribution in [0.3, 0.4) is 0 Å². The van der Waals surface area contributed by atoms with Crippen LogP contribution in [0.1, 0.15) is 47.5 Å². The second-order valence-corrected chi connectivity index (χ2v) is 5.82. The molecular formula is C15H32O4. The zero-order valence-corrected chi connectivity index (χ0v) is 14.1. The van der Waals surface area contributed by atoms with Gasteiger partial charge in [-0.3, -0.25) is 0 Å². The standard InChI is InChI=1S/C15H32O4/c1-10-11-12(2)13(3,4)14(5,16-6)15(17-7,18-8)19-9/h12H,10-11H2,1-9H3. The van der Waals surface area contributed by atoms with Gasteiger partial charge in [0, 0.05) is 33.9 Å². The van der Waals surface area contributed by atoms with Gasteiger partial charge in [-0.05, 0) is 12.8 Å². The molecule has 0 fully saturated rings. The molecule has 116 valence electrons. The van der Waals surface area contributed by atoms with E-state index in [2.05, 4.69) is 27.7 Å². The van der Waals surface area contributed by atoms with Crippen molar-refractivity contribution in [1.29, 1.82) is 0 Å². The van der Waals surface area contributed by atoms with Crippen LogP contribution in [0.5, 0.6) is 0 Å². The van der Waals surface area contributed by atoms with Crippen LogP contribution >= 0.6 is 0 Å². The van der Waals surface area contributed by atoms with E-state index in [1.807, 2.05) is 6.92 Å². The van der Waals surface area contributed by atoms with E-state index in [9.17, 15) is 0 Å². The summed E-state index contributed by atoms with van der Waals surface area (Å²) in [5.74, 6) is -0.796. The predicted molar refractivity (Wildman–Crippen MR) is 77.0 cm³/mol. The Kier molecular flexibility index (Phi) is 6.96. The van der Waals surface area contributed by atoms with E-state index >= 15 is 0 Å². The third-order valence-corrected chi connectivity index (χ3v) is 4.98. The molecule has 19 heavy (non-hydrogen) atoms. The maximum Gasteiger partial charge on any atom is 0.313 e. The first-order chi connectivity index (χ1) is 8.72. The van der Waals surface area contributed by atoms with Crippen molar-refractivity contribution in [2.24, 2.45) is 11.3 Å². The van der Waals surface area contributed by atoms with Gasteiger partial charge in [0.25, 0.3) is 0 Å². The Morgan fingerprint density at radius 1 is 0.842 bits per heavy atom. The first-order valence-corrected chi connectivity index (χ1v) is 6.93. The summed E-state index contributed by atoms with van der Waals surface area (Å²) >= 11 is 0. The number of hydrogen-bond acceptors (Lipinski definition) is 4. The Labute approximate surface area is 118 Å². The summed E-state index contributed by atoms with van der Waals surface area (Å²) in [4.78, 5) is 0. The Hall–Kier alpha value is -0.160. The maximum atomic E-state index is 5.83. The van der Waals surface area contributed by atoms with Gasteiger partial charge in [0.2, 0.25) is 0 Å². The Balaban J connectivity index is 5.68. The highest BCUT2D eigenvalue weighted by Crippen LogP contribution is 2.49. The van der Waals surface area contributed by atoms with E-state index in [1.54, 1.807) is 28.4 Å². The van der Waals surface area contributed by atoms with Crippen molar-refractivity contribution in [2.45, 2.75) is 59.0 Å². The lowest BCUT2D eigenvalue weighted by atomic mass is 9.65. The molecule has 0 aromatic rings. The summed E-state index contributed by atoms with van der Waals surface area (Å²) in [6, 6.07) is 0. The second-order valence-electron chi connectivity index (χ2n) is 5.82. The van der Waals surface area contributed by atoms with Crippen LogP contribution in [0.4, 0.5) is 0 Å². The smallest absolute Gasteiger partial charge is 0.313 e. The normalized spacial score (nSPS) is 18.2. The van der Waals surface area contributed by atoms with Crippen LogP contribution in [-0.2, 0) is 18.9 Å². The number of hydrogen-bond donors (Lipinski definition) is 0. The van der Waals surface area contributed by atoms with Gasteiger partial charge in [-0.2, -0.15) is 0 Å². The molecule has 0 aliphatic heterocycles. The van der Waals surface area contributed by atoms with Gasteiger partial charge < -0.3 is 18.9 Å². The fraction of sp³-hybridized carbons (Fsp3) is 1.00. The van der Waals surface area contributed by atoms with Crippen molar-refractivity contribution in [3.8, 4) is 0 Å². The minimum Gasteiger partial charge on any atom is -0.369 e. The van der Waals surface area contributed by atoms with Crippen molar-refractivity contribution in [3.63, 3.8) is 0 Å². The highest BCUT2D eigenvalue weighted by Gasteiger charge is 2.61. The molecular weight excluding hydrogens is 244 g/mol. The number of rotatable bonds is 9. The fourth-order valence-electron chi connectivity index (χ4n) is 2.88. The van der Waals surface area contributed by atoms with Crippen molar-refractivity contribution < 1.29 is 18.9 Å². The lowest BCUT2D eigenvalue weighted by Gasteiger charge is -2.54. The van der Waals surface area contributed by atoms with Gasteiger partial charge in [0.1, 0.15) is 0 Å². The molecule has 4 heteroatoms. The van der Waals surface area contributed by atoms with Crippen LogP contribution in [0.2, 0.25) is 0 Å². The van der Waals surface area contributed by atoms with Crippen LogP contribution in [-0.4, -0.2) is 40.0 Å². The Morgan fingerprint density at radius 2 is 1.26 bits per heavy atom. The SMILES string of the molecule is CCCC(C)C(C)(C)C(C)(OC)C(OC)(OC)OC. The van der Waals surface area contributed by atoms with E-state index in [1.165, 1.54) is 0 Å². The monoisotopic (exact) mass is 276 g/mol. The third kappa shape index (κ3) is 2.97. The van der Waals surface area contributed by atoms with Gasteiger partial charge in [0.05, 0.1) is 0 Å². The summed E-state index contributed by atoms with van der Waals surface area (Å²) in [7, 11) is 6.40. The predicted octanol–water partition coefficient (Wildman–Crippen LogP) is 3.45. The molecule has 0 spiro atoms. The van der Waals surface area contributed by atoms with E-state index < -0.39 is 11.6 Å². The molecule has 0 saturated carbocycles. The van der Waals surface area contributed by atoms with Crippen molar-refractivity contribution in [1.82, 2.24) is 0 Å². The van der Waals surface area contributed by atoms with Gasteiger partial charge >= 0.3 is 5.97 Å². The molecule has 0 heterocycles. The molecule has 0 saturated heterocycles. The quantitative estimate of drug-likeness (QED) is 0.604.